The lowest BCUT2D eigenvalue weighted by molar-refractivity contribution is -0.125. The Bertz CT molecular complexity index is 419. The fourth-order valence-corrected chi connectivity index (χ4v) is 2.54. The van der Waals surface area contributed by atoms with Gasteiger partial charge in [0.1, 0.15) is 19.0 Å². The Labute approximate surface area is 132 Å². The summed E-state index contributed by atoms with van der Waals surface area (Å²) in [4.78, 5) is 11.6. The minimum absolute atomic E-state index is 0.0523. The Morgan fingerprint density at radius 2 is 2.14 bits per heavy atom. The van der Waals surface area contributed by atoms with Crippen LogP contribution in [0.25, 0.3) is 0 Å². The molecule has 5 heteroatoms. The molecule has 1 aromatic rings. The number of hydrogen-bond acceptors (Lipinski definition) is 4. The molecule has 2 rings (SSSR count). The van der Waals surface area contributed by atoms with Crippen molar-refractivity contribution in [3.63, 3.8) is 0 Å². The number of benzene rings is 1. The van der Waals surface area contributed by atoms with Gasteiger partial charge in [-0.1, -0.05) is 18.2 Å². The summed E-state index contributed by atoms with van der Waals surface area (Å²) in [5.41, 5.74) is 0. The molecule has 0 radical (unpaired) electrons. The van der Waals surface area contributed by atoms with Gasteiger partial charge in [0.05, 0.1) is 6.61 Å². The molecule has 1 unspecified atom stereocenters. The highest BCUT2D eigenvalue weighted by molar-refractivity contribution is 5.77. The SMILES string of the molecule is O=C(COCCOc1ccccc1)NCCC1CCCNC1. The molecule has 1 atom stereocenters. The van der Waals surface area contributed by atoms with Crippen LogP contribution in [0.3, 0.4) is 0 Å². The lowest BCUT2D eigenvalue weighted by Gasteiger charge is -2.22. The molecule has 1 aliphatic heterocycles. The first-order valence-electron chi connectivity index (χ1n) is 8.07. The van der Waals surface area contributed by atoms with E-state index in [0.29, 0.717) is 19.1 Å². The highest BCUT2D eigenvalue weighted by Crippen LogP contribution is 2.12. The molecule has 5 nitrogen and oxygen atoms in total. The molecule has 1 fully saturated rings. The lowest BCUT2D eigenvalue weighted by atomic mass is 9.96. The molecule has 1 heterocycles. The minimum atomic E-state index is -0.0523. The van der Waals surface area contributed by atoms with Gasteiger partial charge < -0.3 is 20.1 Å². The van der Waals surface area contributed by atoms with Crippen molar-refractivity contribution in [2.45, 2.75) is 19.3 Å². The van der Waals surface area contributed by atoms with Crippen LogP contribution in [0.5, 0.6) is 5.75 Å². The Balaban J connectivity index is 1.44. The maximum Gasteiger partial charge on any atom is 0.246 e. The van der Waals surface area contributed by atoms with Gasteiger partial charge in [-0.15, -0.1) is 0 Å². The molecule has 0 aromatic heterocycles. The number of carbonyl (C=O) groups is 1. The molecule has 0 aliphatic carbocycles. The van der Waals surface area contributed by atoms with Gasteiger partial charge in [0, 0.05) is 6.54 Å². The fourth-order valence-electron chi connectivity index (χ4n) is 2.54. The summed E-state index contributed by atoms with van der Waals surface area (Å²) in [6, 6.07) is 9.58. The topological polar surface area (TPSA) is 59.6 Å². The van der Waals surface area contributed by atoms with Crippen molar-refractivity contribution in [2.75, 3.05) is 39.5 Å². The summed E-state index contributed by atoms with van der Waals surface area (Å²) in [5, 5.41) is 6.29. The third-order valence-corrected chi connectivity index (χ3v) is 3.75. The van der Waals surface area contributed by atoms with E-state index in [9.17, 15) is 4.79 Å². The third-order valence-electron chi connectivity index (χ3n) is 3.75. The van der Waals surface area contributed by atoms with Gasteiger partial charge in [-0.25, -0.2) is 0 Å². The lowest BCUT2D eigenvalue weighted by Crippen LogP contribution is -2.34. The van der Waals surface area contributed by atoms with Crippen molar-refractivity contribution in [3.05, 3.63) is 30.3 Å². The second-order valence-electron chi connectivity index (χ2n) is 5.57. The second-order valence-corrected chi connectivity index (χ2v) is 5.57. The Hall–Kier alpha value is -1.59. The normalized spacial score (nSPS) is 17.9. The zero-order valence-corrected chi connectivity index (χ0v) is 13.1. The fraction of sp³-hybridized carbons (Fsp3) is 0.588. The van der Waals surface area contributed by atoms with Gasteiger partial charge in [-0.3, -0.25) is 4.79 Å². The maximum atomic E-state index is 11.6. The minimum Gasteiger partial charge on any atom is -0.491 e. The van der Waals surface area contributed by atoms with Crippen molar-refractivity contribution in [1.29, 1.82) is 0 Å². The first-order valence-corrected chi connectivity index (χ1v) is 8.07. The van der Waals surface area contributed by atoms with E-state index >= 15 is 0 Å². The molecule has 0 saturated carbocycles. The third kappa shape index (κ3) is 6.91. The van der Waals surface area contributed by atoms with E-state index in [1.54, 1.807) is 0 Å². The van der Waals surface area contributed by atoms with Crippen molar-refractivity contribution < 1.29 is 14.3 Å². The van der Waals surface area contributed by atoms with Gasteiger partial charge in [-0.05, 0) is 50.4 Å². The van der Waals surface area contributed by atoms with E-state index in [1.165, 1.54) is 12.8 Å². The van der Waals surface area contributed by atoms with Crippen LogP contribution in [0.4, 0.5) is 0 Å². The zero-order valence-electron chi connectivity index (χ0n) is 13.1. The van der Waals surface area contributed by atoms with E-state index in [0.717, 1.165) is 31.8 Å². The van der Waals surface area contributed by atoms with Crippen molar-refractivity contribution in [1.82, 2.24) is 10.6 Å². The molecule has 1 aliphatic rings. The molecule has 122 valence electrons. The quantitative estimate of drug-likeness (QED) is 0.680. The summed E-state index contributed by atoms with van der Waals surface area (Å²) >= 11 is 0. The summed E-state index contributed by atoms with van der Waals surface area (Å²) in [7, 11) is 0. The molecule has 1 aromatic carbocycles. The van der Waals surface area contributed by atoms with Crippen LogP contribution in [0.2, 0.25) is 0 Å². The Morgan fingerprint density at radius 3 is 2.91 bits per heavy atom. The highest BCUT2D eigenvalue weighted by Gasteiger charge is 2.12. The molecular weight excluding hydrogens is 280 g/mol. The van der Waals surface area contributed by atoms with E-state index in [1.807, 2.05) is 30.3 Å². The van der Waals surface area contributed by atoms with Crippen LogP contribution < -0.4 is 15.4 Å². The standard InChI is InChI=1S/C17H26N2O3/c20-17(19-10-8-15-5-4-9-18-13-15)14-21-11-12-22-16-6-2-1-3-7-16/h1-3,6-7,15,18H,4-5,8-14H2,(H,19,20). The van der Waals surface area contributed by atoms with Crippen LogP contribution in [-0.4, -0.2) is 45.4 Å². The van der Waals surface area contributed by atoms with E-state index in [4.69, 9.17) is 9.47 Å². The molecule has 0 spiro atoms. The number of amides is 1. The Kier molecular flexibility index (Phi) is 7.77. The van der Waals surface area contributed by atoms with Crippen molar-refractivity contribution in [3.8, 4) is 5.75 Å². The number of nitrogens with one attached hydrogen (secondary N) is 2. The van der Waals surface area contributed by atoms with Crippen LogP contribution >= 0.6 is 0 Å². The maximum absolute atomic E-state index is 11.6. The van der Waals surface area contributed by atoms with Gasteiger partial charge in [0.15, 0.2) is 0 Å². The number of carbonyl (C=O) groups excluding carboxylic acids is 1. The van der Waals surface area contributed by atoms with Gasteiger partial charge in [0.2, 0.25) is 5.91 Å². The van der Waals surface area contributed by atoms with Crippen molar-refractivity contribution >= 4 is 5.91 Å². The molecule has 22 heavy (non-hydrogen) atoms. The summed E-state index contributed by atoms with van der Waals surface area (Å²) in [6.07, 6.45) is 3.54. The van der Waals surface area contributed by atoms with Crippen molar-refractivity contribution in [2.24, 2.45) is 5.92 Å². The number of ether oxygens (including phenoxy) is 2. The van der Waals surface area contributed by atoms with Gasteiger partial charge in [-0.2, -0.15) is 0 Å². The van der Waals surface area contributed by atoms with Gasteiger partial charge >= 0.3 is 0 Å². The zero-order chi connectivity index (χ0) is 15.5. The monoisotopic (exact) mass is 306 g/mol. The average molecular weight is 306 g/mol. The molecule has 0 bridgehead atoms. The highest BCUT2D eigenvalue weighted by atomic mass is 16.5. The van der Waals surface area contributed by atoms with Gasteiger partial charge in [0.25, 0.3) is 0 Å². The number of hydrogen-bond donors (Lipinski definition) is 2. The van der Waals surface area contributed by atoms with E-state index in [-0.39, 0.29) is 12.5 Å². The molecule has 2 N–H and O–H groups in total. The van der Waals surface area contributed by atoms with Crippen LogP contribution in [0.15, 0.2) is 30.3 Å². The van der Waals surface area contributed by atoms with Crippen LogP contribution in [0.1, 0.15) is 19.3 Å². The predicted molar refractivity (Wildman–Crippen MR) is 86.0 cm³/mol. The Morgan fingerprint density at radius 1 is 1.27 bits per heavy atom. The number of rotatable bonds is 9. The molecule has 1 saturated heterocycles. The summed E-state index contributed by atoms with van der Waals surface area (Å²) in [5.74, 6) is 1.45. The summed E-state index contributed by atoms with van der Waals surface area (Å²) < 4.78 is 10.8. The van der Waals surface area contributed by atoms with E-state index < -0.39 is 0 Å². The second kappa shape index (κ2) is 10.2. The number of piperidine rings is 1. The average Bonchev–Trinajstić information content (AvgIpc) is 2.56. The van der Waals surface area contributed by atoms with Crippen LogP contribution in [-0.2, 0) is 9.53 Å². The number of para-hydroxylation sites is 1. The summed E-state index contributed by atoms with van der Waals surface area (Å²) in [6.45, 7) is 3.89. The first-order chi connectivity index (χ1) is 10.8. The van der Waals surface area contributed by atoms with Crippen LogP contribution in [0, 0.1) is 5.92 Å². The molecular formula is C17H26N2O3. The first kappa shape index (κ1) is 16.8. The predicted octanol–water partition coefficient (Wildman–Crippen LogP) is 1.59. The largest absolute Gasteiger partial charge is 0.491 e. The smallest absolute Gasteiger partial charge is 0.246 e. The van der Waals surface area contributed by atoms with E-state index in [2.05, 4.69) is 10.6 Å². The molecule has 1 amide bonds.